The molecule has 4 aliphatic rings. The van der Waals surface area contributed by atoms with Crippen LogP contribution in [0.25, 0.3) is 0 Å². The fraction of sp³-hybridized carbons (Fsp3) is 0.708. The predicted molar refractivity (Wildman–Crippen MR) is 116 cm³/mol. The Bertz CT molecular complexity index is 908. The summed E-state index contributed by atoms with van der Waals surface area (Å²) in [5.41, 5.74) is 0.591. The van der Waals surface area contributed by atoms with Crippen molar-refractivity contribution in [3.8, 4) is 0 Å². The van der Waals surface area contributed by atoms with E-state index in [1.165, 1.54) is 5.57 Å². The van der Waals surface area contributed by atoms with Crippen LogP contribution >= 0.6 is 0 Å². The lowest BCUT2D eigenvalue weighted by atomic mass is 9.43. The highest BCUT2D eigenvalue weighted by Crippen LogP contribution is 2.71. The van der Waals surface area contributed by atoms with E-state index in [2.05, 4.69) is 30.2 Å². The third-order valence-corrected chi connectivity index (χ3v) is 9.79. The number of hydrogen-bond donors (Lipinski definition) is 4. The van der Waals surface area contributed by atoms with E-state index in [-0.39, 0.29) is 23.2 Å². The second-order valence-corrected chi connectivity index (χ2v) is 10.6. The van der Waals surface area contributed by atoms with Crippen LogP contribution in [0.3, 0.4) is 0 Å². The van der Waals surface area contributed by atoms with Crippen LogP contribution in [0.5, 0.6) is 0 Å². The van der Waals surface area contributed by atoms with Crippen molar-refractivity contribution in [2.75, 3.05) is 0 Å². The van der Waals surface area contributed by atoms with Gasteiger partial charge in [-0.05, 0) is 68.4 Å². The monoisotopic (exact) mass is 430 g/mol. The minimum atomic E-state index is -0.895. The van der Waals surface area contributed by atoms with Gasteiger partial charge in [0.05, 0.1) is 17.7 Å². The molecule has 0 saturated heterocycles. The van der Waals surface area contributed by atoms with Crippen LogP contribution in [-0.4, -0.2) is 44.1 Å². The number of fused-ring (bicyclic) bond motifs is 5. The molecule has 170 valence electrons. The van der Waals surface area contributed by atoms with Crippen molar-refractivity contribution >= 4 is 17.4 Å². The summed E-state index contributed by atoms with van der Waals surface area (Å²) in [5.74, 6) is -1.12. The van der Waals surface area contributed by atoms with Gasteiger partial charge in [0.25, 0.3) is 0 Å². The largest absolute Gasteiger partial charge is 0.481 e. The summed E-state index contributed by atoms with van der Waals surface area (Å²) in [6.45, 7) is 7.72. The summed E-state index contributed by atoms with van der Waals surface area (Å²) in [5, 5.41) is 47.3. The molecule has 0 heterocycles. The van der Waals surface area contributed by atoms with Gasteiger partial charge in [0.2, 0.25) is 0 Å². The van der Waals surface area contributed by atoms with Crippen molar-refractivity contribution in [2.45, 2.75) is 65.9 Å². The van der Waals surface area contributed by atoms with Crippen molar-refractivity contribution in [2.24, 2.45) is 50.2 Å². The molecular weight excluding hydrogens is 396 g/mol. The third-order valence-electron chi connectivity index (χ3n) is 9.79. The summed E-state index contributed by atoms with van der Waals surface area (Å²) < 4.78 is 0. The standard InChI is InChI=1S/C24H34N2O5/c1-13(21(28)29)24(14(2)25-30)10-8-18-17-6-5-15-11-16(26-31)7-9-22(15,3)20(17)19(27)12-23(18,24)4/h7,9,11,13,17-20,27,30-31H,5-6,8,10,12H2,1-4H3,(H,28,29)/b25-14+,26-16?/t13?,17-,18-,19-,20+,22-,23-,24-/m0/s1. The van der Waals surface area contributed by atoms with E-state index in [0.717, 1.165) is 19.3 Å². The van der Waals surface area contributed by atoms with Crippen LogP contribution < -0.4 is 0 Å². The van der Waals surface area contributed by atoms with E-state index in [4.69, 9.17) is 0 Å². The molecule has 0 aliphatic heterocycles. The molecule has 0 aromatic carbocycles. The quantitative estimate of drug-likeness (QED) is 0.305. The van der Waals surface area contributed by atoms with Crippen LogP contribution in [-0.2, 0) is 4.79 Å². The third kappa shape index (κ3) is 2.71. The van der Waals surface area contributed by atoms with Gasteiger partial charge < -0.3 is 20.6 Å². The number of aliphatic carboxylic acids is 1. The second kappa shape index (κ2) is 7.19. The number of carboxylic acids is 1. The van der Waals surface area contributed by atoms with Gasteiger partial charge >= 0.3 is 5.97 Å². The van der Waals surface area contributed by atoms with Gasteiger partial charge in [-0.3, -0.25) is 4.79 Å². The van der Waals surface area contributed by atoms with Crippen LogP contribution in [0.1, 0.15) is 59.8 Å². The molecule has 4 aliphatic carbocycles. The molecule has 31 heavy (non-hydrogen) atoms. The molecule has 4 rings (SSSR count). The molecule has 0 spiro atoms. The first-order valence-electron chi connectivity index (χ1n) is 11.3. The molecule has 0 bridgehead atoms. The maximum absolute atomic E-state index is 12.1. The van der Waals surface area contributed by atoms with Gasteiger partial charge in [0.15, 0.2) is 0 Å². The number of allylic oxidation sites excluding steroid dienone is 4. The van der Waals surface area contributed by atoms with E-state index < -0.39 is 28.8 Å². The van der Waals surface area contributed by atoms with Gasteiger partial charge in [-0.25, -0.2) is 0 Å². The zero-order valence-corrected chi connectivity index (χ0v) is 18.7. The Labute approximate surface area is 183 Å². The van der Waals surface area contributed by atoms with E-state index in [0.29, 0.717) is 24.3 Å². The predicted octanol–water partition coefficient (Wildman–Crippen LogP) is 4.08. The highest BCUT2D eigenvalue weighted by atomic mass is 16.4. The number of oxime groups is 2. The Morgan fingerprint density at radius 3 is 2.58 bits per heavy atom. The maximum atomic E-state index is 12.1. The molecule has 0 aromatic rings. The zero-order chi connectivity index (χ0) is 22.8. The number of hydrogen-bond acceptors (Lipinski definition) is 6. The molecule has 3 saturated carbocycles. The second-order valence-electron chi connectivity index (χ2n) is 10.6. The first-order chi connectivity index (χ1) is 14.6. The highest BCUT2D eigenvalue weighted by Gasteiger charge is 2.69. The first kappa shape index (κ1) is 22.1. The number of carboxylic acid groups (broad SMARTS) is 1. The van der Waals surface area contributed by atoms with Crippen molar-refractivity contribution < 1.29 is 25.4 Å². The summed E-state index contributed by atoms with van der Waals surface area (Å²) in [4.78, 5) is 12.1. The number of rotatable bonds is 3. The van der Waals surface area contributed by atoms with Gasteiger partial charge in [0, 0.05) is 16.7 Å². The lowest BCUT2D eigenvalue weighted by molar-refractivity contribution is -0.156. The Hall–Kier alpha value is -2.15. The molecule has 0 aromatic heterocycles. The highest BCUT2D eigenvalue weighted by molar-refractivity contribution is 6.05. The number of carbonyl (C=O) groups is 1. The summed E-state index contributed by atoms with van der Waals surface area (Å²) >= 11 is 0. The Morgan fingerprint density at radius 2 is 1.97 bits per heavy atom. The first-order valence-corrected chi connectivity index (χ1v) is 11.3. The van der Waals surface area contributed by atoms with Crippen LogP contribution in [0, 0.1) is 39.9 Å². The molecule has 4 N–H and O–H groups in total. The summed E-state index contributed by atoms with van der Waals surface area (Å²) in [6.07, 6.45) is 8.95. The van der Waals surface area contributed by atoms with Gasteiger partial charge in [-0.15, -0.1) is 0 Å². The minimum absolute atomic E-state index is 0.0179. The van der Waals surface area contributed by atoms with E-state index in [1.54, 1.807) is 13.8 Å². The smallest absolute Gasteiger partial charge is 0.307 e. The molecular formula is C24H34N2O5. The molecule has 0 radical (unpaired) electrons. The number of aliphatic hydroxyl groups is 1. The minimum Gasteiger partial charge on any atom is -0.481 e. The van der Waals surface area contributed by atoms with Crippen molar-refractivity contribution in [1.82, 2.24) is 0 Å². The van der Waals surface area contributed by atoms with Crippen molar-refractivity contribution in [3.05, 3.63) is 23.8 Å². The van der Waals surface area contributed by atoms with Gasteiger partial charge in [-0.1, -0.05) is 42.7 Å². The number of aliphatic hydroxyl groups excluding tert-OH is 1. The van der Waals surface area contributed by atoms with Gasteiger partial charge in [-0.2, -0.15) is 0 Å². The van der Waals surface area contributed by atoms with Crippen LogP contribution in [0.15, 0.2) is 34.1 Å². The fourth-order valence-corrected chi connectivity index (χ4v) is 8.38. The van der Waals surface area contributed by atoms with E-state index in [9.17, 15) is 25.4 Å². The molecule has 8 atom stereocenters. The van der Waals surface area contributed by atoms with E-state index in [1.807, 2.05) is 12.2 Å². The lowest BCUT2D eigenvalue weighted by Gasteiger charge is -2.61. The molecule has 1 unspecified atom stereocenters. The van der Waals surface area contributed by atoms with Crippen molar-refractivity contribution in [1.29, 1.82) is 0 Å². The average molecular weight is 431 g/mol. The maximum Gasteiger partial charge on any atom is 0.307 e. The Balaban J connectivity index is 1.80. The normalized spacial score (nSPS) is 46.7. The van der Waals surface area contributed by atoms with Crippen molar-refractivity contribution in [3.63, 3.8) is 0 Å². The Morgan fingerprint density at radius 1 is 1.26 bits per heavy atom. The fourth-order valence-electron chi connectivity index (χ4n) is 8.38. The Kier molecular flexibility index (Phi) is 5.11. The molecule has 7 heteroatoms. The number of nitrogens with zero attached hydrogens (tertiary/aromatic N) is 2. The van der Waals surface area contributed by atoms with E-state index >= 15 is 0 Å². The zero-order valence-electron chi connectivity index (χ0n) is 18.7. The molecule has 0 amide bonds. The lowest BCUT2D eigenvalue weighted by Crippen LogP contribution is -2.60. The topological polar surface area (TPSA) is 123 Å². The molecule has 3 fully saturated rings. The summed E-state index contributed by atoms with van der Waals surface area (Å²) in [7, 11) is 0. The van der Waals surface area contributed by atoms with Crippen LogP contribution in [0.4, 0.5) is 0 Å². The van der Waals surface area contributed by atoms with Crippen LogP contribution in [0.2, 0.25) is 0 Å². The molecule has 7 nitrogen and oxygen atoms in total. The van der Waals surface area contributed by atoms with Gasteiger partial charge in [0.1, 0.15) is 5.71 Å². The summed E-state index contributed by atoms with van der Waals surface area (Å²) in [6, 6.07) is 0. The average Bonchev–Trinajstić information content (AvgIpc) is 3.04. The SMILES string of the molecule is C/C(=N\O)[C@@]1(C(C)C(=O)O)CC[C@H]2[C@@H]3CCC4=CC(=NO)C=C[C@]4(C)[C@H]3[C@@H](O)C[C@@]21C.